The van der Waals surface area contributed by atoms with E-state index in [0.717, 1.165) is 66.1 Å². The molecule has 0 spiro atoms. The van der Waals surface area contributed by atoms with Crippen molar-refractivity contribution in [1.82, 2.24) is 4.90 Å². The van der Waals surface area contributed by atoms with Gasteiger partial charge in [0.2, 0.25) is 0 Å². The molecule has 1 amide bonds. The molecule has 1 atom stereocenters. The maximum Gasteiger partial charge on any atom is 0.338 e. The predicted molar refractivity (Wildman–Crippen MR) is 216 cm³/mol. The fraction of sp³-hybridized carbons (Fsp3) is 0.220. The molecule has 12 nitrogen and oxygen atoms in total. The molecule has 1 saturated heterocycles. The van der Waals surface area contributed by atoms with Gasteiger partial charge in [0.15, 0.2) is 0 Å². The zero-order valence-electron chi connectivity index (χ0n) is 30.2. The van der Waals surface area contributed by atoms with Crippen LogP contribution >= 0.6 is 11.8 Å². The summed E-state index contributed by atoms with van der Waals surface area (Å²) in [5.41, 5.74) is 4.42. The molecule has 1 fully saturated rings. The van der Waals surface area contributed by atoms with Gasteiger partial charge in [-0.2, -0.15) is 0 Å². The maximum absolute atomic E-state index is 13.5. The second-order valence-corrected chi connectivity index (χ2v) is 14.6. The van der Waals surface area contributed by atoms with Crippen molar-refractivity contribution >= 4 is 57.7 Å². The number of hydrogen-bond donors (Lipinski definition) is 1. The van der Waals surface area contributed by atoms with Gasteiger partial charge in [0.05, 0.1) is 34.0 Å². The molecule has 1 heterocycles. The second kappa shape index (κ2) is 18.7. The fourth-order valence-electron chi connectivity index (χ4n) is 6.39. The van der Waals surface area contributed by atoms with Gasteiger partial charge in [0.25, 0.3) is 11.6 Å². The van der Waals surface area contributed by atoms with Crippen molar-refractivity contribution in [2.75, 3.05) is 59.6 Å². The number of nitrogens with zero attached hydrogens (tertiary/aromatic N) is 4. The molecular weight excluding hydrogens is 739 g/mol. The Hall–Kier alpha value is -5.54. The molecule has 0 saturated carbocycles. The smallest absolute Gasteiger partial charge is 0.338 e. The Labute approximate surface area is 326 Å². The van der Waals surface area contributed by atoms with Gasteiger partial charge in [-0.3, -0.25) is 24.0 Å². The van der Waals surface area contributed by atoms with E-state index >= 15 is 0 Å². The summed E-state index contributed by atoms with van der Waals surface area (Å²) in [4.78, 5) is 42.9. The normalized spacial score (nSPS) is 13.5. The number of benzene rings is 5. The van der Waals surface area contributed by atoms with Crippen LogP contribution < -0.4 is 14.5 Å². The van der Waals surface area contributed by atoms with Crippen molar-refractivity contribution in [3.8, 4) is 11.1 Å². The third kappa shape index (κ3) is 9.96. The Morgan fingerprint density at radius 2 is 1.60 bits per heavy atom. The number of amides is 1. The van der Waals surface area contributed by atoms with Crippen LogP contribution in [0.3, 0.4) is 0 Å². The van der Waals surface area contributed by atoms with E-state index in [1.165, 1.54) is 12.1 Å². The maximum atomic E-state index is 13.5. The van der Waals surface area contributed by atoms with Crippen molar-refractivity contribution in [2.45, 2.75) is 18.4 Å². The first-order valence-electron chi connectivity index (χ1n) is 17.8. The van der Waals surface area contributed by atoms with Crippen molar-refractivity contribution in [3.63, 3.8) is 0 Å². The number of thioether (sulfide) groups is 1. The molecule has 0 bridgehead atoms. The van der Waals surface area contributed by atoms with Gasteiger partial charge in [0.1, 0.15) is 5.69 Å². The van der Waals surface area contributed by atoms with Crippen LogP contribution in [0.15, 0.2) is 126 Å². The Bertz CT molecular complexity index is 2150. The number of nitro groups is 1. The number of piperazine rings is 1. The summed E-state index contributed by atoms with van der Waals surface area (Å²) in [5, 5.41) is 15.0. The van der Waals surface area contributed by atoms with Crippen LogP contribution in [-0.4, -0.2) is 75.5 Å². The third-order valence-electron chi connectivity index (χ3n) is 9.12. The highest BCUT2D eigenvalue weighted by Crippen LogP contribution is 2.32. The summed E-state index contributed by atoms with van der Waals surface area (Å²) >= 11 is -1.44. The van der Waals surface area contributed by atoms with Crippen LogP contribution in [0.25, 0.3) is 11.1 Å². The largest absolute Gasteiger partial charge is 0.755 e. The van der Waals surface area contributed by atoms with Gasteiger partial charge in [-0.15, -0.1) is 11.8 Å². The van der Waals surface area contributed by atoms with Gasteiger partial charge in [-0.1, -0.05) is 54.6 Å². The van der Waals surface area contributed by atoms with Gasteiger partial charge < -0.3 is 19.5 Å². The number of nitrogens with one attached hydrogen (secondary N) is 1. The minimum Gasteiger partial charge on any atom is -0.755 e. The monoisotopic (exact) mass is 778 g/mol. The number of anilines is 3. The molecule has 14 heteroatoms. The average Bonchev–Trinajstić information content (AvgIpc) is 3.21. The molecule has 1 aliphatic heterocycles. The van der Waals surface area contributed by atoms with Crippen molar-refractivity contribution in [1.29, 1.82) is 0 Å². The van der Waals surface area contributed by atoms with Crippen LogP contribution in [0, 0.1) is 10.1 Å². The molecule has 284 valence electrons. The van der Waals surface area contributed by atoms with Gasteiger partial charge in [-0.25, -0.2) is 9.10 Å². The SMILES string of the molecule is CCOC(=O)c1cccc(-c2ccccc2CN2CCN(c3ccc(C(=O)N(c4ccc(NCCSc5ccccc5)c([N+](=O)[O-])c4)S(=O)[O-])cc3)CC2)c1. The second-order valence-electron chi connectivity index (χ2n) is 12.6. The highest BCUT2D eigenvalue weighted by atomic mass is 32.2. The highest BCUT2D eigenvalue weighted by molar-refractivity contribution is 7.99. The minimum atomic E-state index is -3.04. The van der Waals surface area contributed by atoms with Crippen LogP contribution in [0.4, 0.5) is 22.7 Å². The fourth-order valence-corrected chi connectivity index (χ4v) is 7.71. The van der Waals surface area contributed by atoms with E-state index in [-0.39, 0.29) is 28.6 Å². The summed E-state index contributed by atoms with van der Waals surface area (Å²) < 4.78 is 30.4. The predicted octanol–water partition coefficient (Wildman–Crippen LogP) is 7.41. The lowest BCUT2D eigenvalue weighted by molar-refractivity contribution is -0.383. The van der Waals surface area contributed by atoms with Crippen molar-refractivity contribution in [2.24, 2.45) is 0 Å². The number of rotatable bonds is 15. The zero-order valence-corrected chi connectivity index (χ0v) is 31.8. The van der Waals surface area contributed by atoms with Gasteiger partial charge in [0, 0.05) is 67.2 Å². The zero-order chi connectivity index (χ0) is 38.7. The van der Waals surface area contributed by atoms with Crippen LogP contribution in [0.2, 0.25) is 0 Å². The summed E-state index contributed by atoms with van der Waals surface area (Å²) in [5.74, 6) is -0.526. The molecule has 0 radical (unpaired) electrons. The number of carbonyl (C=O) groups is 2. The molecule has 0 aliphatic carbocycles. The van der Waals surface area contributed by atoms with Crippen molar-refractivity contribution in [3.05, 3.63) is 148 Å². The molecule has 5 aromatic rings. The number of esters is 1. The van der Waals surface area contributed by atoms with Crippen LogP contribution in [0.1, 0.15) is 33.2 Å². The Kier molecular flexibility index (Phi) is 13.3. The Balaban J connectivity index is 1.07. The number of nitro benzene ring substituents is 1. The summed E-state index contributed by atoms with van der Waals surface area (Å²) in [6.07, 6.45) is 0. The molecule has 0 aromatic heterocycles. The van der Waals surface area contributed by atoms with Crippen molar-refractivity contribution < 1.29 is 28.0 Å². The van der Waals surface area contributed by atoms with E-state index in [0.29, 0.717) is 28.8 Å². The van der Waals surface area contributed by atoms with E-state index in [1.54, 1.807) is 49.0 Å². The standard InChI is InChI=1S/C41H41N5O7S2/c1-2-53-41(48)32-11-8-10-31(27-32)37-14-7-6-9-33(37)29-43-22-24-44(25-23-43)34-17-15-30(16-18-34)40(47)45(55(51)52)35-19-20-38(39(28-35)46(49)50)42-21-26-54-36-12-4-3-5-13-36/h3-20,27-28,42H,2,21-26,29H2,1H3,(H,51,52)/p-1. The van der Waals surface area contributed by atoms with Gasteiger partial charge >= 0.3 is 5.97 Å². The average molecular weight is 779 g/mol. The molecule has 6 rings (SSSR count). The van der Waals surface area contributed by atoms with Crippen LogP contribution in [0.5, 0.6) is 0 Å². The summed E-state index contributed by atoms with van der Waals surface area (Å²) in [6, 6.07) is 36.0. The number of hydrogen-bond acceptors (Lipinski definition) is 11. The van der Waals surface area contributed by atoms with Gasteiger partial charge in [-0.05, 0) is 84.3 Å². The lowest BCUT2D eigenvalue weighted by Crippen LogP contribution is -2.46. The molecule has 1 N–H and O–H groups in total. The number of ether oxygens (including phenoxy) is 1. The Morgan fingerprint density at radius 3 is 2.31 bits per heavy atom. The van der Waals surface area contributed by atoms with E-state index in [9.17, 15) is 28.5 Å². The molecule has 5 aromatic carbocycles. The van der Waals surface area contributed by atoms with E-state index in [1.807, 2.05) is 60.7 Å². The minimum absolute atomic E-state index is 0.123. The van der Waals surface area contributed by atoms with E-state index in [4.69, 9.17) is 4.74 Å². The summed E-state index contributed by atoms with van der Waals surface area (Å²) in [6.45, 7) is 6.31. The van der Waals surface area contributed by atoms with E-state index in [2.05, 4.69) is 27.2 Å². The first-order chi connectivity index (χ1) is 26.7. The lowest BCUT2D eigenvalue weighted by Gasteiger charge is -2.36. The lowest BCUT2D eigenvalue weighted by atomic mass is 9.97. The molecule has 55 heavy (non-hydrogen) atoms. The first-order valence-corrected chi connectivity index (χ1v) is 19.8. The molecule has 1 aliphatic rings. The third-order valence-corrected chi connectivity index (χ3v) is 10.8. The Morgan fingerprint density at radius 1 is 0.873 bits per heavy atom. The first kappa shape index (κ1) is 39.2. The molecule has 1 unspecified atom stereocenters. The highest BCUT2D eigenvalue weighted by Gasteiger charge is 2.25. The summed E-state index contributed by atoms with van der Waals surface area (Å²) in [7, 11) is 0. The quantitative estimate of drug-likeness (QED) is 0.0283. The topological polar surface area (TPSA) is 148 Å². The van der Waals surface area contributed by atoms with Crippen LogP contribution in [-0.2, 0) is 22.5 Å². The van der Waals surface area contributed by atoms with E-state index < -0.39 is 22.1 Å². The molecular formula is C41H40N5O7S2-. The number of carbonyl (C=O) groups excluding carboxylic acids is 2.